The minimum Gasteiger partial charge on any atom is -0.127 e. The van der Waals surface area contributed by atoms with Crippen LogP contribution in [0.2, 0.25) is 0 Å². The Labute approximate surface area is 97.7 Å². The Morgan fingerprint density at radius 3 is 1.82 bits per heavy atom. The van der Waals surface area contributed by atoms with Crippen LogP contribution in [0.3, 0.4) is 0 Å². The van der Waals surface area contributed by atoms with E-state index in [9.17, 15) is 0 Å². The summed E-state index contributed by atoms with van der Waals surface area (Å²) in [4.78, 5) is 0. The molecule has 3 unspecified atom stereocenters. The van der Waals surface area contributed by atoms with Gasteiger partial charge in [0.05, 0.1) is 9.18 Å². The highest BCUT2D eigenvalue weighted by Crippen LogP contribution is 2.67. The molecule has 0 amide bonds. The molecule has 0 aliphatic rings. The molecule has 0 aliphatic carbocycles. The number of rotatable bonds is 3. The molecule has 0 N–H and O–H groups in total. The third-order valence-corrected chi connectivity index (χ3v) is 8.20. The van der Waals surface area contributed by atoms with Gasteiger partial charge in [-0.2, -0.15) is 0 Å². The van der Waals surface area contributed by atoms with Gasteiger partial charge in [0.15, 0.2) is 0 Å². The minimum atomic E-state index is -2.03. The first-order valence-electron chi connectivity index (χ1n) is 2.66. The second kappa shape index (κ2) is 4.89. The van der Waals surface area contributed by atoms with Crippen molar-refractivity contribution in [3.8, 4) is 0 Å². The molecule has 0 aromatic heterocycles. The van der Waals surface area contributed by atoms with Gasteiger partial charge in [0.25, 0.3) is 0 Å². The lowest BCUT2D eigenvalue weighted by Crippen LogP contribution is -2.00. The summed E-state index contributed by atoms with van der Waals surface area (Å²) < 4.78 is -4.02. The second-order valence-electron chi connectivity index (χ2n) is 2.19. The van der Waals surface area contributed by atoms with Crippen molar-refractivity contribution in [3.05, 3.63) is 0 Å². The van der Waals surface area contributed by atoms with Crippen LogP contribution in [-0.4, -0.2) is 11.8 Å². The van der Waals surface area contributed by atoms with Crippen molar-refractivity contribution in [1.82, 2.24) is 0 Å². The smallest absolute Gasteiger partial charge is 0.0891 e. The predicted octanol–water partition coefficient (Wildman–Crippen LogP) is 4.33. The van der Waals surface area contributed by atoms with E-state index in [0.717, 1.165) is 0 Å². The molecule has 11 heavy (non-hydrogen) atoms. The fourth-order valence-electron chi connectivity index (χ4n) is 0.427. The van der Waals surface area contributed by atoms with Crippen molar-refractivity contribution >= 4 is 79.8 Å². The second-order valence-corrected chi connectivity index (χ2v) is 20.9. The van der Waals surface area contributed by atoms with Crippen LogP contribution < -0.4 is 0 Å². The summed E-state index contributed by atoms with van der Waals surface area (Å²) in [5.74, 6) is 0. The van der Waals surface area contributed by atoms with Crippen LogP contribution in [-0.2, 0) is 23.6 Å². The topological polar surface area (TPSA) is 0 Å². The van der Waals surface area contributed by atoms with E-state index >= 15 is 0 Å². The van der Waals surface area contributed by atoms with Crippen LogP contribution in [0.15, 0.2) is 0 Å². The molecule has 0 nitrogen and oxygen atoms in total. The third-order valence-electron chi connectivity index (χ3n) is 1.03. The number of halogens is 2. The summed E-state index contributed by atoms with van der Waals surface area (Å²) in [6, 6.07) is 0. The summed E-state index contributed by atoms with van der Waals surface area (Å²) >= 11 is 29.8. The molecule has 0 saturated heterocycles. The summed E-state index contributed by atoms with van der Waals surface area (Å²) in [6.07, 6.45) is 0.608. The van der Waals surface area contributed by atoms with Gasteiger partial charge in [-0.25, -0.2) is 0 Å². The van der Waals surface area contributed by atoms with E-state index in [2.05, 4.69) is 24.5 Å². The van der Waals surface area contributed by atoms with Crippen molar-refractivity contribution in [2.45, 2.75) is 12.6 Å². The fourth-order valence-corrected chi connectivity index (χ4v) is 7.47. The van der Waals surface area contributed by atoms with Gasteiger partial charge in [-0.15, -0.1) is 24.5 Å². The Balaban J connectivity index is 4.22. The standard InChI is InChI=1S/C3H8Cl2P2S4/c1-3(7(5,10)11)2-6(4,8)9/h3H,2H2,1H3,(H,8,9)(H,10,11). The molecule has 0 rings (SSSR count). The molecule has 8 heteroatoms. The van der Waals surface area contributed by atoms with E-state index in [-0.39, 0.29) is 5.66 Å². The molecule has 0 heterocycles. The lowest BCUT2D eigenvalue weighted by molar-refractivity contribution is 1.13. The molecule has 0 spiro atoms. The van der Waals surface area contributed by atoms with Crippen molar-refractivity contribution in [1.29, 1.82) is 0 Å². The van der Waals surface area contributed by atoms with Crippen LogP contribution in [0.25, 0.3) is 0 Å². The lowest BCUT2D eigenvalue weighted by atomic mass is 10.6. The Kier molecular flexibility index (Phi) is 6.03. The average molecular weight is 305 g/mol. The number of hydrogen-bond acceptors (Lipinski definition) is 2. The molecule has 0 fully saturated rings. The highest BCUT2D eigenvalue weighted by molar-refractivity contribution is 8.73. The molecule has 3 atom stereocenters. The van der Waals surface area contributed by atoms with E-state index in [1.165, 1.54) is 0 Å². The monoisotopic (exact) mass is 304 g/mol. The van der Waals surface area contributed by atoms with Crippen LogP contribution in [0.1, 0.15) is 6.92 Å². The van der Waals surface area contributed by atoms with Gasteiger partial charge < -0.3 is 0 Å². The van der Waals surface area contributed by atoms with Gasteiger partial charge in [-0.1, -0.05) is 53.0 Å². The van der Waals surface area contributed by atoms with Crippen molar-refractivity contribution < 1.29 is 0 Å². The van der Waals surface area contributed by atoms with Crippen molar-refractivity contribution in [2.75, 3.05) is 6.16 Å². The van der Waals surface area contributed by atoms with Gasteiger partial charge in [-0.05, 0) is 0 Å². The van der Waals surface area contributed by atoms with Gasteiger partial charge in [0.2, 0.25) is 0 Å². The molecular formula is C3H8Cl2P2S4. The van der Waals surface area contributed by atoms with E-state index < -0.39 is 9.18 Å². The summed E-state index contributed by atoms with van der Waals surface area (Å²) in [7, 11) is 0. The SMILES string of the molecule is CC(CP(=S)(S)Cl)P(=S)(S)Cl. The Bertz CT molecular complexity index is 217. The Morgan fingerprint density at radius 1 is 1.36 bits per heavy atom. The fraction of sp³-hybridized carbons (Fsp3) is 1.00. The largest absolute Gasteiger partial charge is 0.127 e. The molecule has 0 radical (unpaired) electrons. The van der Waals surface area contributed by atoms with E-state index in [1.807, 2.05) is 6.92 Å². The maximum atomic E-state index is 5.86. The molecule has 0 aliphatic heterocycles. The Morgan fingerprint density at radius 2 is 1.73 bits per heavy atom. The van der Waals surface area contributed by atoms with Crippen molar-refractivity contribution in [3.63, 3.8) is 0 Å². The lowest BCUT2D eigenvalue weighted by Gasteiger charge is -2.18. The van der Waals surface area contributed by atoms with Gasteiger partial charge in [0.1, 0.15) is 0 Å². The summed E-state index contributed by atoms with van der Waals surface area (Å²) in [6.45, 7) is 1.92. The van der Waals surface area contributed by atoms with Gasteiger partial charge in [0, 0.05) is 11.8 Å². The number of hydrogen-bond donors (Lipinski definition) is 2. The zero-order valence-corrected chi connectivity index (χ0v) is 12.4. The zero-order chi connectivity index (χ0) is 9.28. The summed E-state index contributed by atoms with van der Waals surface area (Å²) in [5.41, 5.74) is 0.100. The maximum Gasteiger partial charge on any atom is 0.0891 e. The van der Waals surface area contributed by atoms with Gasteiger partial charge in [-0.3, -0.25) is 0 Å². The zero-order valence-electron chi connectivity index (χ0n) is 5.65. The summed E-state index contributed by atoms with van der Waals surface area (Å²) in [5, 5.41) is 0. The van der Waals surface area contributed by atoms with Crippen LogP contribution in [0, 0.1) is 0 Å². The van der Waals surface area contributed by atoms with Crippen molar-refractivity contribution in [2.24, 2.45) is 0 Å². The average Bonchev–Trinajstić information content (AvgIpc) is 1.56. The maximum absolute atomic E-state index is 5.86. The van der Waals surface area contributed by atoms with Crippen LogP contribution >= 0.6 is 56.2 Å². The van der Waals surface area contributed by atoms with Crippen LogP contribution in [0.4, 0.5) is 0 Å². The first kappa shape index (κ1) is 13.6. The highest BCUT2D eigenvalue weighted by Gasteiger charge is 2.22. The first-order chi connectivity index (χ1) is 4.63. The van der Waals surface area contributed by atoms with E-state index in [1.54, 1.807) is 0 Å². The quantitative estimate of drug-likeness (QED) is 0.588. The predicted molar refractivity (Wildman–Crippen MR) is 72.6 cm³/mol. The molecule has 0 bridgehead atoms. The Hall–Kier alpha value is 2.58. The highest BCUT2D eigenvalue weighted by atomic mass is 35.7. The van der Waals surface area contributed by atoms with Crippen LogP contribution in [0.5, 0.6) is 0 Å². The normalized spacial score (nSPS) is 25.2. The molecule has 0 saturated carbocycles. The molecular weight excluding hydrogens is 297 g/mol. The first-order valence-corrected chi connectivity index (χ1v) is 12.6. The third kappa shape index (κ3) is 7.64. The molecule has 0 aromatic rings. The number of thiol groups is 2. The van der Waals surface area contributed by atoms with Gasteiger partial charge >= 0.3 is 0 Å². The minimum absolute atomic E-state index is 0.100. The van der Waals surface area contributed by atoms with E-state index in [4.69, 9.17) is 46.1 Å². The molecule has 68 valence electrons. The molecule has 0 aromatic carbocycles. The van der Waals surface area contributed by atoms with E-state index in [0.29, 0.717) is 6.16 Å².